The van der Waals surface area contributed by atoms with Gasteiger partial charge in [0.15, 0.2) is 5.78 Å². The van der Waals surface area contributed by atoms with Gasteiger partial charge in [0.1, 0.15) is 0 Å². The first-order valence-corrected chi connectivity index (χ1v) is 7.57. The summed E-state index contributed by atoms with van der Waals surface area (Å²) in [5, 5.41) is 1.37. The summed E-state index contributed by atoms with van der Waals surface area (Å²) in [5.41, 5.74) is 1.82. The Kier molecular flexibility index (Phi) is 3.71. The Bertz CT molecular complexity index is 838. The van der Waals surface area contributed by atoms with Crippen molar-refractivity contribution in [2.24, 2.45) is 4.99 Å². The third-order valence-electron chi connectivity index (χ3n) is 3.25. The smallest absolute Gasteiger partial charge is 0.270 e. The van der Waals surface area contributed by atoms with Gasteiger partial charge in [-0.1, -0.05) is 17.7 Å². The van der Waals surface area contributed by atoms with E-state index in [0.29, 0.717) is 16.7 Å². The number of nitrogens with zero attached hydrogens (tertiary/aromatic N) is 1. The maximum absolute atomic E-state index is 12.2. The number of carbonyl (C=O) groups is 2. The molecule has 3 rings (SSSR count). The van der Waals surface area contributed by atoms with Gasteiger partial charge in [0.05, 0.1) is 11.1 Å². The van der Waals surface area contributed by atoms with Gasteiger partial charge in [-0.25, -0.2) is 4.99 Å². The van der Waals surface area contributed by atoms with E-state index in [9.17, 15) is 9.59 Å². The Morgan fingerprint density at radius 2 is 1.90 bits per heavy atom. The number of hydrogen-bond donors (Lipinski definition) is 0. The molecule has 0 unspecified atom stereocenters. The van der Waals surface area contributed by atoms with Crippen molar-refractivity contribution in [3.05, 3.63) is 64.2 Å². The fraction of sp³-hybridized carbons (Fsp3) is 0.118. The van der Waals surface area contributed by atoms with Crippen LogP contribution >= 0.6 is 11.8 Å². The molecule has 0 fully saturated rings. The third-order valence-corrected chi connectivity index (χ3v) is 4.26. The Morgan fingerprint density at radius 3 is 2.67 bits per heavy atom. The molecule has 0 saturated carbocycles. The minimum atomic E-state index is -0.261. The first-order valence-electron chi connectivity index (χ1n) is 6.59. The van der Waals surface area contributed by atoms with Crippen LogP contribution in [0.1, 0.15) is 15.9 Å². The quantitative estimate of drug-likeness (QED) is 0.639. The van der Waals surface area contributed by atoms with E-state index in [0.717, 1.165) is 10.1 Å². The molecule has 1 heterocycles. The maximum Gasteiger partial charge on any atom is 0.270 e. The molecule has 0 radical (unpaired) electrons. The molecular formula is C17H13NO2S. The van der Waals surface area contributed by atoms with E-state index < -0.39 is 0 Å². The van der Waals surface area contributed by atoms with Crippen molar-refractivity contribution < 1.29 is 9.59 Å². The van der Waals surface area contributed by atoms with Crippen LogP contribution in [0, 0.1) is 6.92 Å². The van der Waals surface area contributed by atoms with E-state index in [-0.39, 0.29) is 11.7 Å². The summed E-state index contributed by atoms with van der Waals surface area (Å²) in [6.45, 7) is 2.03. The molecule has 4 heteroatoms. The van der Waals surface area contributed by atoms with Gasteiger partial charge in [0, 0.05) is 21.8 Å². The Balaban J connectivity index is 1.74. The van der Waals surface area contributed by atoms with Crippen LogP contribution in [0.25, 0.3) is 6.08 Å². The highest BCUT2D eigenvalue weighted by atomic mass is 32.2. The molecule has 21 heavy (non-hydrogen) atoms. The highest BCUT2D eigenvalue weighted by Crippen LogP contribution is 2.19. The normalized spacial score (nSPS) is 12.5. The molecule has 0 aromatic heterocycles. The lowest BCUT2D eigenvalue weighted by Gasteiger charge is -2.02. The number of ketones is 1. The summed E-state index contributed by atoms with van der Waals surface area (Å²) >= 11 is 1.52. The third kappa shape index (κ3) is 3.11. The number of fused-ring (bicyclic) bond motifs is 1. The lowest BCUT2D eigenvalue weighted by atomic mass is 10.1. The molecule has 3 nitrogen and oxygen atoms in total. The van der Waals surface area contributed by atoms with Crippen LogP contribution in [0.15, 0.2) is 52.4 Å². The van der Waals surface area contributed by atoms with Crippen molar-refractivity contribution >= 4 is 29.5 Å². The molecule has 0 bridgehead atoms. The predicted molar refractivity (Wildman–Crippen MR) is 82.9 cm³/mol. The molecule has 0 spiro atoms. The van der Waals surface area contributed by atoms with Crippen LogP contribution in [0.2, 0.25) is 0 Å². The number of amides is 1. The van der Waals surface area contributed by atoms with Gasteiger partial charge in [0.25, 0.3) is 5.91 Å². The number of carbonyl (C=O) groups excluding carboxylic acids is 2. The second-order valence-electron chi connectivity index (χ2n) is 4.89. The lowest BCUT2D eigenvalue weighted by molar-refractivity contribution is -0.112. The van der Waals surface area contributed by atoms with Crippen LogP contribution in [-0.2, 0) is 4.79 Å². The van der Waals surface area contributed by atoms with Crippen LogP contribution in [-0.4, -0.2) is 17.4 Å². The molecule has 1 amide bonds. The van der Waals surface area contributed by atoms with Crippen LogP contribution in [0.4, 0.5) is 0 Å². The van der Waals surface area contributed by atoms with Crippen LogP contribution in [0.3, 0.4) is 0 Å². The Morgan fingerprint density at radius 1 is 1.14 bits per heavy atom. The molecule has 2 aromatic rings. The molecule has 1 aliphatic heterocycles. The molecule has 0 N–H and O–H groups in total. The monoisotopic (exact) mass is 295 g/mol. The Labute approximate surface area is 126 Å². The largest absolute Gasteiger partial charge is 0.293 e. The SMILES string of the molecule is Cc1ccc(SCC(=O)c2ccc3c(c2)=CC(=O)N=3)cc1. The topological polar surface area (TPSA) is 46.5 Å². The second-order valence-corrected chi connectivity index (χ2v) is 5.94. The number of rotatable bonds is 4. The average Bonchev–Trinajstić information content (AvgIpc) is 2.85. The van der Waals surface area contributed by atoms with Crippen molar-refractivity contribution in [2.75, 3.05) is 5.75 Å². The fourth-order valence-corrected chi connectivity index (χ4v) is 2.89. The highest BCUT2D eigenvalue weighted by molar-refractivity contribution is 8.00. The summed E-state index contributed by atoms with van der Waals surface area (Å²) in [5.74, 6) is 0.173. The van der Waals surface area contributed by atoms with Gasteiger partial charge in [-0.15, -0.1) is 11.8 Å². The predicted octanol–water partition coefficient (Wildman–Crippen LogP) is 1.91. The van der Waals surface area contributed by atoms with E-state index >= 15 is 0 Å². The zero-order chi connectivity index (χ0) is 14.8. The lowest BCUT2D eigenvalue weighted by Crippen LogP contribution is -2.22. The Hall–Kier alpha value is -2.20. The summed E-state index contributed by atoms with van der Waals surface area (Å²) in [6, 6.07) is 13.3. The molecule has 0 aliphatic carbocycles. The fourth-order valence-electron chi connectivity index (χ4n) is 2.10. The molecular weight excluding hydrogens is 282 g/mol. The zero-order valence-corrected chi connectivity index (χ0v) is 12.3. The van der Waals surface area contributed by atoms with E-state index in [1.807, 2.05) is 31.2 Å². The maximum atomic E-state index is 12.2. The van der Waals surface area contributed by atoms with Gasteiger partial charge in [-0.05, 0) is 37.3 Å². The standard InChI is InChI=1S/C17H13NO2S/c1-11-2-5-14(6-3-11)21-10-16(19)12-4-7-15-13(8-12)9-17(20)18-15/h2-9H,10H2,1H3. The van der Waals surface area contributed by atoms with Crippen LogP contribution < -0.4 is 10.6 Å². The molecule has 0 atom stereocenters. The van der Waals surface area contributed by atoms with Crippen LogP contribution in [0.5, 0.6) is 0 Å². The molecule has 0 saturated heterocycles. The minimum Gasteiger partial charge on any atom is -0.293 e. The van der Waals surface area contributed by atoms with Crippen molar-refractivity contribution in [3.63, 3.8) is 0 Å². The van der Waals surface area contributed by atoms with E-state index in [2.05, 4.69) is 4.99 Å². The molecule has 1 aliphatic rings. The number of thioether (sulfide) groups is 1. The first kappa shape index (κ1) is 13.8. The average molecular weight is 295 g/mol. The van der Waals surface area contributed by atoms with E-state index in [1.165, 1.54) is 23.4 Å². The van der Waals surface area contributed by atoms with Crippen molar-refractivity contribution in [1.82, 2.24) is 0 Å². The number of aryl methyl sites for hydroxylation is 1. The van der Waals surface area contributed by atoms with E-state index in [1.54, 1.807) is 18.2 Å². The second kappa shape index (κ2) is 5.66. The van der Waals surface area contributed by atoms with Crippen molar-refractivity contribution in [3.8, 4) is 0 Å². The minimum absolute atomic E-state index is 0.0520. The van der Waals surface area contributed by atoms with Crippen molar-refractivity contribution in [1.29, 1.82) is 0 Å². The highest BCUT2D eigenvalue weighted by Gasteiger charge is 2.09. The number of benzene rings is 2. The van der Waals surface area contributed by atoms with Gasteiger partial charge in [-0.2, -0.15) is 0 Å². The zero-order valence-electron chi connectivity index (χ0n) is 11.5. The molecule has 104 valence electrons. The summed E-state index contributed by atoms with van der Waals surface area (Å²) in [4.78, 5) is 28.3. The summed E-state index contributed by atoms with van der Waals surface area (Å²) < 4.78 is 0. The first-order chi connectivity index (χ1) is 10.1. The summed E-state index contributed by atoms with van der Waals surface area (Å²) in [7, 11) is 0. The van der Waals surface area contributed by atoms with Gasteiger partial charge >= 0.3 is 0 Å². The van der Waals surface area contributed by atoms with Gasteiger partial charge < -0.3 is 0 Å². The number of Topliss-reactive ketones (excluding diaryl/α,β-unsaturated/α-hetero) is 1. The van der Waals surface area contributed by atoms with Crippen molar-refractivity contribution in [2.45, 2.75) is 11.8 Å². The van der Waals surface area contributed by atoms with E-state index in [4.69, 9.17) is 0 Å². The number of hydrogen-bond acceptors (Lipinski definition) is 3. The summed E-state index contributed by atoms with van der Waals surface area (Å²) in [6.07, 6.45) is 1.46. The van der Waals surface area contributed by atoms with Gasteiger partial charge in [0.2, 0.25) is 0 Å². The van der Waals surface area contributed by atoms with Gasteiger partial charge in [-0.3, -0.25) is 9.59 Å². The molecule has 2 aromatic carbocycles.